The van der Waals surface area contributed by atoms with Gasteiger partial charge < -0.3 is 14.5 Å². The first-order chi connectivity index (χ1) is 6.83. The molecular formula is C9H10BNO3. The Kier molecular flexibility index (Phi) is 2.52. The van der Waals surface area contributed by atoms with Crippen molar-refractivity contribution < 1.29 is 14.5 Å². The molecule has 2 rings (SSSR count). The molecule has 1 aliphatic heterocycles. The zero-order valence-corrected chi connectivity index (χ0v) is 7.80. The van der Waals surface area contributed by atoms with Gasteiger partial charge in [0.1, 0.15) is 7.11 Å². The first-order valence-corrected chi connectivity index (χ1v) is 4.31. The Labute approximate surface area is 82.3 Å². The van der Waals surface area contributed by atoms with E-state index < -0.39 is 7.12 Å². The number of hydrogen-bond acceptors (Lipinski definition) is 4. The zero-order valence-electron chi connectivity index (χ0n) is 7.80. The Balaban J connectivity index is 2.39. The number of hydrogen-bond donors (Lipinski definition) is 1. The summed E-state index contributed by atoms with van der Waals surface area (Å²) in [5.74, 6) is 0. The quantitative estimate of drug-likeness (QED) is 0.403. The van der Waals surface area contributed by atoms with Crippen LogP contribution in [0.4, 0.5) is 0 Å². The second-order valence-electron chi connectivity index (χ2n) is 3.00. The van der Waals surface area contributed by atoms with Gasteiger partial charge in [-0.25, -0.2) is 0 Å². The van der Waals surface area contributed by atoms with Gasteiger partial charge in [0.05, 0.1) is 12.8 Å². The van der Waals surface area contributed by atoms with E-state index in [4.69, 9.17) is 4.65 Å². The van der Waals surface area contributed by atoms with Crippen molar-refractivity contribution in [2.45, 2.75) is 6.61 Å². The lowest BCUT2D eigenvalue weighted by atomic mass is 9.78. The molecule has 1 aromatic carbocycles. The molecule has 0 bridgehead atoms. The van der Waals surface area contributed by atoms with E-state index in [9.17, 15) is 5.02 Å². The Morgan fingerprint density at radius 3 is 3.29 bits per heavy atom. The van der Waals surface area contributed by atoms with Gasteiger partial charge in [-0.05, 0) is 11.0 Å². The van der Waals surface area contributed by atoms with Crippen molar-refractivity contribution in [3.8, 4) is 0 Å². The summed E-state index contributed by atoms with van der Waals surface area (Å²) in [6.45, 7) is 0.419. The van der Waals surface area contributed by atoms with E-state index in [0.29, 0.717) is 6.61 Å². The fraction of sp³-hybridized carbons (Fsp3) is 0.222. The molecule has 0 saturated heterocycles. The number of rotatable bonds is 2. The van der Waals surface area contributed by atoms with Crippen LogP contribution in [-0.4, -0.2) is 25.5 Å². The number of benzene rings is 1. The minimum Gasteiger partial charge on any atom is -0.423 e. The van der Waals surface area contributed by atoms with Crippen LogP contribution in [0.25, 0.3) is 0 Å². The first kappa shape index (κ1) is 9.24. The maximum absolute atomic E-state index is 9.43. The van der Waals surface area contributed by atoms with Crippen molar-refractivity contribution in [1.29, 1.82) is 0 Å². The van der Waals surface area contributed by atoms with Crippen LogP contribution in [0.3, 0.4) is 0 Å². The summed E-state index contributed by atoms with van der Waals surface area (Å²) in [5, 5.41) is 13.1. The lowest BCUT2D eigenvalue weighted by Gasteiger charge is -2.00. The van der Waals surface area contributed by atoms with Crippen molar-refractivity contribution in [1.82, 2.24) is 0 Å². The van der Waals surface area contributed by atoms with E-state index in [1.54, 1.807) is 6.21 Å². The minimum atomic E-state index is -0.805. The topological polar surface area (TPSA) is 51.0 Å². The van der Waals surface area contributed by atoms with Crippen LogP contribution in [0.5, 0.6) is 0 Å². The van der Waals surface area contributed by atoms with E-state index in [-0.39, 0.29) is 0 Å². The Morgan fingerprint density at radius 2 is 2.50 bits per heavy atom. The third-order valence-electron chi connectivity index (χ3n) is 2.20. The maximum atomic E-state index is 9.43. The van der Waals surface area contributed by atoms with Crippen LogP contribution in [-0.2, 0) is 16.1 Å². The van der Waals surface area contributed by atoms with Crippen molar-refractivity contribution >= 4 is 18.8 Å². The van der Waals surface area contributed by atoms with Crippen LogP contribution in [0, 0.1) is 0 Å². The summed E-state index contributed by atoms with van der Waals surface area (Å²) in [7, 11) is 0.686. The number of nitrogens with zero attached hydrogens (tertiary/aromatic N) is 1. The monoisotopic (exact) mass is 191 g/mol. The maximum Gasteiger partial charge on any atom is 0.491 e. The summed E-state index contributed by atoms with van der Waals surface area (Å²) in [6.07, 6.45) is 1.61. The number of fused-ring (bicyclic) bond motifs is 1. The van der Waals surface area contributed by atoms with Gasteiger partial charge in [0.2, 0.25) is 0 Å². The molecule has 0 aromatic heterocycles. The molecule has 1 aliphatic rings. The van der Waals surface area contributed by atoms with E-state index >= 15 is 0 Å². The van der Waals surface area contributed by atoms with Crippen molar-refractivity contribution in [2.24, 2.45) is 5.16 Å². The molecule has 0 atom stereocenters. The van der Waals surface area contributed by atoms with E-state index in [1.165, 1.54) is 7.11 Å². The van der Waals surface area contributed by atoms with Gasteiger partial charge in [-0.2, -0.15) is 0 Å². The normalized spacial score (nSPS) is 14.9. The summed E-state index contributed by atoms with van der Waals surface area (Å²) in [4.78, 5) is 4.60. The van der Waals surface area contributed by atoms with Gasteiger partial charge in [0.25, 0.3) is 0 Å². The van der Waals surface area contributed by atoms with Crippen LogP contribution in [0.2, 0.25) is 0 Å². The fourth-order valence-corrected chi connectivity index (χ4v) is 1.50. The van der Waals surface area contributed by atoms with Crippen molar-refractivity contribution in [3.63, 3.8) is 0 Å². The lowest BCUT2D eigenvalue weighted by molar-refractivity contribution is 0.215. The van der Waals surface area contributed by atoms with Gasteiger partial charge in [0.15, 0.2) is 0 Å². The Bertz CT molecular complexity index is 367. The molecule has 0 spiro atoms. The van der Waals surface area contributed by atoms with Crippen molar-refractivity contribution in [3.05, 3.63) is 29.3 Å². The Morgan fingerprint density at radius 1 is 1.64 bits per heavy atom. The molecule has 0 unspecified atom stereocenters. The zero-order chi connectivity index (χ0) is 9.97. The molecule has 0 saturated carbocycles. The molecule has 72 valence electrons. The molecule has 0 radical (unpaired) electrons. The summed E-state index contributed by atoms with van der Waals surface area (Å²) >= 11 is 0. The molecule has 0 fully saturated rings. The van der Waals surface area contributed by atoms with Gasteiger partial charge in [-0.15, -0.1) is 0 Å². The van der Waals surface area contributed by atoms with Gasteiger partial charge >= 0.3 is 7.12 Å². The standard InChI is InChI=1S/C9H10BNO3/c1-13-11-5-7-3-2-4-9-8(7)6-14-10(9)12/h2-5,12H,6H2,1H3. The molecule has 4 nitrogen and oxygen atoms in total. The second kappa shape index (κ2) is 3.81. The van der Waals surface area contributed by atoms with E-state index in [2.05, 4.69) is 9.99 Å². The highest BCUT2D eigenvalue weighted by molar-refractivity contribution is 6.61. The SMILES string of the molecule is CON=Cc1cccc2c1COB2O. The third kappa shape index (κ3) is 1.52. The van der Waals surface area contributed by atoms with E-state index in [0.717, 1.165) is 16.6 Å². The van der Waals surface area contributed by atoms with Gasteiger partial charge in [0, 0.05) is 5.56 Å². The second-order valence-corrected chi connectivity index (χ2v) is 3.00. The minimum absolute atomic E-state index is 0.419. The van der Waals surface area contributed by atoms with Crippen molar-refractivity contribution in [2.75, 3.05) is 7.11 Å². The largest absolute Gasteiger partial charge is 0.491 e. The average Bonchev–Trinajstić information content (AvgIpc) is 2.58. The predicted octanol–water partition coefficient (Wildman–Crippen LogP) is -0.115. The number of oxime groups is 1. The van der Waals surface area contributed by atoms with E-state index in [1.807, 2.05) is 18.2 Å². The van der Waals surface area contributed by atoms with Crippen LogP contribution >= 0.6 is 0 Å². The van der Waals surface area contributed by atoms with Gasteiger partial charge in [-0.1, -0.05) is 23.4 Å². The van der Waals surface area contributed by atoms with Crippen LogP contribution in [0.1, 0.15) is 11.1 Å². The molecule has 5 heteroatoms. The highest BCUT2D eigenvalue weighted by Gasteiger charge is 2.28. The summed E-state index contributed by atoms with van der Waals surface area (Å²) in [5.41, 5.74) is 2.70. The highest BCUT2D eigenvalue weighted by Crippen LogP contribution is 2.13. The van der Waals surface area contributed by atoms with Crippen LogP contribution in [0.15, 0.2) is 23.4 Å². The smallest absolute Gasteiger partial charge is 0.423 e. The lowest BCUT2D eigenvalue weighted by Crippen LogP contribution is -2.28. The summed E-state index contributed by atoms with van der Waals surface area (Å²) < 4.78 is 5.10. The highest BCUT2D eigenvalue weighted by atomic mass is 16.6. The third-order valence-corrected chi connectivity index (χ3v) is 2.20. The molecular weight excluding hydrogens is 181 g/mol. The fourth-order valence-electron chi connectivity index (χ4n) is 1.50. The summed E-state index contributed by atoms with van der Waals surface area (Å²) in [6, 6.07) is 5.60. The molecule has 0 aliphatic carbocycles. The van der Waals surface area contributed by atoms with Gasteiger partial charge in [-0.3, -0.25) is 0 Å². The van der Waals surface area contributed by atoms with Crippen LogP contribution < -0.4 is 5.46 Å². The molecule has 0 amide bonds. The molecule has 1 heterocycles. The predicted molar refractivity (Wildman–Crippen MR) is 53.4 cm³/mol. The first-order valence-electron chi connectivity index (χ1n) is 4.31. The Hall–Kier alpha value is -1.33. The average molecular weight is 191 g/mol. The molecule has 14 heavy (non-hydrogen) atoms. The molecule has 1 N–H and O–H groups in total. The molecule has 1 aromatic rings.